The molecule has 2 unspecified atom stereocenters. The Balaban J connectivity index is 1.82. The Hall–Kier alpha value is -0.0900. The summed E-state index contributed by atoms with van der Waals surface area (Å²) in [5.41, 5.74) is 0. The highest BCUT2D eigenvalue weighted by atomic mass is 79.9. The van der Waals surface area contributed by atoms with Gasteiger partial charge in [0.25, 0.3) is 0 Å². The van der Waals surface area contributed by atoms with Crippen molar-refractivity contribution in [3.8, 4) is 0 Å². The van der Waals surface area contributed by atoms with E-state index in [9.17, 15) is 0 Å². The van der Waals surface area contributed by atoms with Crippen LogP contribution >= 0.6 is 27.3 Å². The highest BCUT2D eigenvalue weighted by Gasteiger charge is 2.36. The molecule has 3 rings (SSSR count). The highest BCUT2D eigenvalue weighted by Crippen LogP contribution is 2.40. The Labute approximate surface area is 103 Å². The van der Waals surface area contributed by atoms with Crippen molar-refractivity contribution in [1.82, 2.24) is 4.98 Å². The minimum atomic E-state index is 0.789. The zero-order chi connectivity index (χ0) is 10.3. The van der Waals surface area contributed by atoms with E-state index >= 15 is 0 Å². The average Bonchev–Trinajstić information content (AvgIpc) is 2.83. The summed E-state index contributed by atoms with van der Waals surface area (Å²) in [7, 11) is 0. The molecule has 1 aromatic heterocycles. The zero-order valence-corrected chi connectivity index (χ0v) is 11.1. The predicted octanol–water partition coefficient (Wildman–Crippen LogP) is 3.67. The van der Waals surface area contributed by atoms with Crippen LogP contribution in [-0.4, -0.2) is 17.6 Å². The number of nitrogens with zero attached hydrogens (tertiary/aromatic N) is 2. The van der Waals surface area contributed by atoms with Gasteiger partial charge in [-0.25, -0.2) is 4.98 Å². The van der Waals surface area contributed by atoms with E-state index in [0.29, 0.717) is 0 Å². The maximum absolute atomic E-state index is 4.54. The SMILES string of the molecule is Brc1csc(N2CCC3CCCCC32)n1. The summed E-state index contributed by atoms with van der Waals surface area (Å²) in [5.74, 6) is 0.946. The van der Waals surface area contributed by atoms with E-state index in [1.165, 1.54) is 43.8 Å². The lowest BCUT2D eigenvalue weighted by Gasteiger charge is -2.31. The first-order chi connectivity index (χ1) is 7.34. The van der Waals surface area contributed by atoms with Crippen molar-refractivity contribution in [2.24, 2.45) is 5.92 Å². The van der Waals surface area contributed by atoms with Crippen molar-refractivity contribution in [3.05, 3.63) is 9.98 Å². The Morgan fingerprint density at radius 1 is 1.33 bits per heavy atom. The number of fused-ring (bicyclic) bond motifs is 1. The molecule has 0 spiro atoms. The molecule has 2 atom stereocenters. The smallest absolute Gasteiger partial charge is 0.186 e. The lowest BCUT2D eigenvalue weighted by atomic mass is 9.85. The third-order valence-electron chi connectivity index (χ3n) is 3.72. The fourth-order valence-electron chi connectivity index (χ4n) is 3.02. The minimum absolute atomic E-state index is 0.789. The summed E-state index contributed by atoms with van der Waals surface area (Å²) in [4.78, 5) is 7.09. The van der Waals surface area contributed by atoms with Crippen LogP contribution in [0.3, 0.4) is 0 Å². The largest absolute Gasteiger partial charge is 0.345 e. The van der Waals surface area contributed by atoms with E-state index in [0.717, 1.165) is 16.6 Å². The second kappa shape index (κ2) is 4.06. The molecule has 82 valence electrons. The molecule has 2 nitrogen and oxygen atoms in total. The number of hydrogen-bond donors (Lipinski definition) is 0. The number of thiazole rings is 1. The van der Waals surface area contributed by atoms with Crippen LogP contribution < -0.4 is 4.90 Å². The van der Waals surface area contributed by atoms with Gasteiger partial charge >= 0.3 is 0 Å². The molecule has 0 radical (unpaired) electrons. The maximum atomic E-state index is 4.54. The normalized spacial score (nSPS) is 30.6. The van der Waals surface area contributed by atoms with E-state index < -0.39 is 0 Å². The predicted molar refractivity (Wildman–Crippen MR) is 67.5 cm³/mol. The molecular weight excluding hydrogens is 272 g/mol. The van der Waals surface area contributed by atoms with Crippen LogP contribution in [0.2, 0.25) is 0 Å². The van der Waals surface area contributed by atoms with Crippen LogP contribution in [0.5, 0.6) is 0 Å². The van der Waals surface area contributed by atoms with Gasteiger partial charge in [0.05, 0.1) is 0 Å². The standard InChI is InChI=1S/C11H15BrN2S/c12-10-7-15-11(13-10)14-6-5-8-3-1-2-4-9(8)14/h7-9H,1-6H2. The van der Waals surface area contributed by atoms with Crippen LogP contribution in [0.15, 0.2) is 9.98 Å². The van der Waals surface area contributed by atoms with Crippen LogP contribution in [0.25, 0.3) is 0 Å². The third-order valence-corrected chi connectivity index (χ3v) is 5.31. The van der Waals surface area contributed by atoms with Gasteiger partial charge in [0.2, 0.25) is 0 Å². The van der Waals surface area contributed by atoms with Crippen molar-refractivity contribution in [2.45, 2.75) is 38.1 Å². The first kappa shape index (κ1) is 10.1. The fraction of sp³-hybridized carbons (Fsp3) is 0.727. The fourth-order valence-corrected chi connectivity index (χ4v) is 4.35. The molecule has 0 amide bonds. The quantitative estimate of drug-likeness (QED) is 0.783. The van der Waals surface area contributed by atoms with Gasteiger partial charge in [-0.3, -0.25) is 0 Å². The maximum Gasteiger partial charge on any atom is 0.186 e. The lowest BCUT2D eigenvalue weighted by molar-refractivity contribution is 0.342. The molecule has 4 heteroatoms. The Kier molecular flexibility index (Phi) is 2.73. The molecule has 1 aromatic rings. The lowest BCUT2D eigenvalue weighted by Crippen LogP contribution is -2.34. The van der Waals surface area contributed by atoms with Crippen molar-refractivity contribution in [3.63, 3.8) is 0 Å². The Bertz CT molecular complexity index is 352. The molecule has 1 aliphatic carbocycles. The van der Waals surface area contributed by atoms with Gasteiger partial charge in [-0.2, -0.15) is 0 Å². The Morgan fingerprint density at radius 2 is 2.20 bits per heavy atom. The molecule has 2 fully saturated rings. The van der Waals surface area contributed by atoms with Crippen molar-refractivity contribution in [2.75, 3.05) is 11.4 Å². The zero-order valence-electron chi connectivity index (χ0n) is 8.66. The molecule has 2 heterocycles. The van der Waals surface area contributed by atoms with Gasteiger partial charge < -0.3 is 4.90 Å². The van der Waals surface area contributed by atoms with Gasteiger partial charge in [-0.1, -0.05) is 12.8 Å². The summed E-state index contributed by atoms with van der Waals surface area (Å²) >= 11 is 5.21. The number of halogens is 1. The summed E-state index contributed by atoms with van der Waals surface area (Å²) in [6.07, 6.45) is 7.04. The molecule has 1 saturated heterocycles. The summed E-state index contributed by atoms with van der Waals surface area (Å²) < 4.78 is 0.988. The Morgan fingerprint density at radius 3 is 3.00 bits per heavy atom. The van der Waals surface area contributed by atoms with Crippen LogP contribution in [0.1, 0.15) is 32.1 Å². The third kappa shape index (κ3) is 1.82. The number of aromatic nitrogens is 1. The van der Waals surface area contributed by atoms with Crippen LogP contribution in [0, 0.1) is 5.92 Å². The molecule has 15 heavy (non-hydrogen) atoms. The van der Waals surface area contributed by atoms with Crippen molar-refractivity contribution < 1.29 is 0 Å². The summed E-state index contributed by atoms with van der Waals surface area (Å²) in [6.45, 7) is 1.22. The second-order valence-electron chi connectivity index (χ2n) is 4.55. The molecule has 0 N–H and O–H groups in total. The topological polar surface area (TPSA) is 16.1 Å². The molecule has 0 bridgehead atoms. The van der Waals surface area contributed by atoms with E-state index in [-0.39, 0.29) is 0 Å². The number of anilines is 1. The molecule has 1 saturated carbocycles. The second-order valence-corrected chi connectivity index (χ2v) is 6.20. The first-order valence-electron chi connectivity index (χ1n) is 5.72. The van der Waals surface area contributed by atoms with Gasteiger partial charge in [-0.15, -0.1) is 11.3 Å². The van der Waals surface area contributed by atoms with Crippen LogP contribution in [-0.2, 0) is 0 Å². The molecule has 2 aliphatic rings. The molecule has 0 aromatic carbocycles. The van der Waals surface area contributed by atoms with Gasteiger partial charge in [-0.05, 0) is 41.1 Å². The van der Waals surface area contributed by atoms with Gasteiger partial charge in [0.15, 0.2) is 5.13 Å². The number of hydrogen-bond acceptors (Lipinski definition) is 3. The van der Waals surface area contributed by atoms with Crippen molar-refractivity contribution >= 4 is 32.4 Å². The van der Waals surface area contributed by atoms with Crippen LogP contribution in [0.4, 0.5) is 5.13 Å². The molecular formula is C11H15BrN2S. The summed E-state index contributed by atoms with van der Waals surface area (Å²) in [6, 6.07) is 0.789. The monoisotopic (exact) mass is 286 g/mol. The first-order valence-corrected chi connectivity index (χ1v) is 7.39. The van der Waals surface area contributed by atoms with E-state index in [1.807, 2.05) is 0 Å². The van der Waals surface area contributed by atoms with E-state index in [4.69, 9.17) is 0 Å². The number of rotatable bonds is 1. The molecule has 1 aliphatic heterocycles. The minimum Gasteiger partial charge on any atom is -0.345 e. The average molecular weight is 287 g/mol. The van der Waals surface area contributed by atoms with E-state index in [2.05, 4.69) is 31.2 Å². The van der Waals surface area contributed by atoms with Gasteiger partial charge in [0, 0.05) is 18.0 Å². The van der Waals surface area contributed by atoms with E-state index in [1.54, 1.807) is 11.3 Å². The van der Waals surface area contributed by atoms with Gasteiger partial charge in [0.1, 0.15) is 4.60 Å². The van der Waals surface area contributed by atoms with Crippen molar-refractivity contribution in [1.29, 1.82) is 0 Å². The highest BCUT2D eigenvalue weighted by molar-refractivity contribution is 9.10. The summed E-state index contributed by atoms with van der Waals surface area (Å²) in [5, 5.41) is 3.31.